The molecule has 186 valence electrons. The maximum atomic E-state index is 13.5. The molecule has 0 radical (unpaired) electrons. The first-order chi connectivity index (χ1) is 16.8. The predicted molar refractivity (Wildman–Crippen MR) is 132 cm³/mol. The van der Waals surface area contributed by atoms with Crippen molar-refractivity contribution in [3.8, 4) is 11.8 Å². The van der Waals surface area contributed by atoms with Crippen LogP contribution in [0, 0.1) is 11.8 Å². The van der Waals surface area contributed by atoms with Gasteiger partial charge in [-0.1, -0.05) is 24.1 Å². The van der Waals surface area contributed by atoms with Gasteiger partial charge in [-0.25, -0.2) is 9.59 Å². The lowest BCUT2D eigenvalue weighted by Crippen LogP contribution is -2.48. The number of nitrogens with zero attached hydrogens (tertiary/aromatic N) is 3. The van der Waals surface area contributed by atoms with Crippen LogP contribution in [0.3, 0.4) is 0 Å². The number of nitrogens with two attached hydrogens (primary N) is 1. The molecule has 1 aliphatic rings. The number of anilines is 1. The molecule has 3 N–H and O–H groups in total. The van der Waals surface area contributed by atoms with Crippen LogP contribution in [0.4, 0.5) is 5.82 Å². The fourth-order valence-electron chi connectivity index (χ4n) is 4.10. The Morgan fingerprint density at radius 2 is 2.00 bits per heavy atom. The van der Waals surface area contributed by atoms with Crippen molar-refractivity contribution in [2.45, 2.75) is 51.9 Å². The summed E-state index contributed by atoms with van der Waals surface area (Å²) in [7, 11) is 1.24. The number of hydrogen-bond acceptors (Lipinski definition) is 7. The third-order valence-electron chi connectivity index (χ3n) is 5.95. The number of amides is 1. The van der Waals surface area contributed by atoms with Crippen molar-refractivity contribution in [3.05, 3.63) is 62.3 Å². The number of nitrogens with one attached hydrogen (secondary N) is 1. The predicted octanol–water partition coefficient (Wildman–Crippen LogP) is 0.300. The minimum Gasteiger partial charge on any atom is -0.467 e. The molecule has 35 heavy (non-hydrogen) atoms. The van der Waals surface area contributed by atoms with E-state index in [2.05, 4.69) is 21.9 Å². The number of aromatic nitrogens is 2. The van der Waals surface area contributed by atoms with Crippen molar-refractivity contribution in [3.63, 3.8) is 0 Å². The molecule has 0 unspecified atom stereocenters. The fourth-order valence-corrected chi connectivity index (χ4v) is 4.10. The van der Waals surface area contributed by atoms with Gasteiger partial charge in [-0.05, 0) is 38.3 Å². The van der Waals surface area contributed by atoms with Crippen LogP contribution < -0.4 is 27.2 Å². The van der Waals surface area contributed by atoms with Crippen LogP contribution >= 0.6 is 0 Å². The van der Waals surface area contributed by atoms with Gasteiger partial charge < -0.3 is 20.7 Å². The molecular formula is C25H31N5O5. The zero-order valence-corrected chi connectivity index (χ0v) is 20.2. The number of rotatable bonds is 7. The number of benzene rings is 1. The molecule has 1 saturated heterocycles. The number of ether oxygens (including phenoxy) is 1. The molecule has 0 spiro atoms. The second-order valence-corrected chi connectivity index (χ2v) is 8.45. The van der Waals surface area contributed by atoms with E-state index in [0.29, 0.717) is 24.5 Å². The molecule has 2 aromatic rings. The normalized spacial score (nSPS) is 16.1. The van der Waals surface area contributed by atoms with Crippen LogP contribution in [0.2, 0.25) is 0 Å². The van der Waals surface area contributed by atoms with Crippen LogP contribution in [0.25, 0.3) is 0 Å². The van der Waals surface area contributed by atoms with E-state index < -0.39 is 29.2 Å². The summed E-state index contributed by atoms with van der Waals surface area (Å²) >= 11 is 0. The maximum Gasteiger partial charge on any atom is 0.333 e. The lowest BCUT2D eigenvalue weighted by Gasteiger charge is -2.33. The maximum absolute atomic E-state index is 13.5. The highest BCUT2D eigenvalue weighted by atomic mass is 16.5. The molecule has 2 atom stereocenters. The van der Waals surface area contributed by atoms with Crippen molar-refractivity contribution < 1.29 is 14.3 Å². The van der Waals surface area contributed by atoms with Gasteiger partial charge in [0.1, 0.15) is 11.9 Å². The molecule has 1 aromatic carbocycles. The lowest BCUT2D eigenvalue weighted by molar-refractivity contribution is -0.142. The Hall–Kier alpha value is -3.84. The molecule has 0 aliphatic carbocycles. The summed E-state index contributed by atoms with van der Waals surface area (Å²) in [5.41, 5.74) is 5.83. The van der Waals surface area contributed by atoms with E-state index in [1.807, 2.05) is 4.90 Å². The van der Waals surface area contributed by atoms with E-state index in [0.717, 1.165) is 17.4 Å². The Bertz CT molecular complexity index is 1270. The monoisotopic (exact) mass is 481 g/mol. The minimum absolute atomic E-state index is 0.0373. The summed E-state index contributed by atoms with van der Waals surface area (Å²) in [5, 5.41) is 2.58. The SMILES string of the molecule is CC#CCn1c(N2CCC[C@@H](N)C2)cc(=O)n(Cc2ccccc2C(=O)N[C@@H](C)C(=O)OC)c1=O. The zero-order valence-electron chi connectivity index (χ0n) is 20.2. The Morgan fingerprint density at radius 1 is 1.26 bits per heavy atom. The van der Waals surface area contributed by atoms with E-state index in [1.165, 1.54) is 24.7 Å². The molecule has 10 nitrogen and oxygen atoms in total. The second kappa shape index (κ2) is 11.5. The largest absolute Gasteiger partial charge is 0.467 e. The van der Waals surface area contributed by atoms with E-state index in [4.69, 9.17) is 5.73 Å². The highest BCUT2D eigenvalue weighted by molar-refractivity contribution is 5.97. The molecule has 1 aromatic heterocycles. The van der Waals surface area contributed by atoms with Gasteiger partial charge in [0, 0.05) is 30.8 Å². The van der Waals surface area contributed by atoms with Crippen molar-refractivity contribution in [2.75, 3.05) is 25.1 Å². The molecule has 2 heterocycles. The molecule has 0 saturated carbocycles. The van der Waals surface area contributed by atoms with Gasteiger partial charge in [-0.3, -0.25) is 18.7 Å². The summed E-state index contributed by atoms with van der Waals surface area (Å²) in [6.07, 6.45) is 1.75. The zero-order chi connectivity index (χ0) is 25.5. The number of hydrogen-bond donors (Lipinski definition) is 2. The Morgan fingerprint density at radius 3 is 2.69 bits per heavy atom. The molecular weight excluding hydrogens is 450 g/mol. The van der Waals surface area contributed by atoms with E-state index in [1.54, 1.807) is 31.2 Å². The van der Waals surface area contributed by atoms with E-state index >= 15 is 0 Å². The van der Waals surface area contributed by atoms with Gasteiger partial charge in [0.2, 0.25) is 0 Å². The van der Waals surface area contributed by atoms with Crippen LogP contribution in [0.15, 0.2) is 39.9 Å². The third kappa shape index (κ3) is 6.00. The molecule has 3 rings (SSSR count). The molecule has 1 aliphatic heterocycles. The highest BCUT2D eigenvalue weighted by Gasteiger charge is 2.23. The fraction of sp³-hybridized carbons (Fsp3) is 0.440. The molecule has 1 fully saturated rings. The average Bonchev–Trinajstić information content (AvgIpc) is 2.85. The van der Waals surface area contributed by atoms with E-state index in [9.17, 15) is 19.2 Å². The van der Waals surface area contributed by atoms with Crippen LogP contribution in [0.5, 0.6) is 0 Å². The second-order valence-electron chi connectivity index (χ2n) is 8.45. The summed E-state index contributed by atoms with van der Waals surface area (Å²) in [4.78, 5) is 53.1. The summed E-state index contributed by atoms with van der Waals surface area (Å²) in [6, 6.07) is 7.15. The van der Waals surface area contributed by atoms with Crippen molar-refractivity contribution >= 4 is 17.7 Å². The summed E-state index contributed by atoms with van der Waals surface area (Å²) in [6.45, 7) is 4.43. The first-order valence-electron chi connectivity index (χ1n) is 11.5. The van der Waals surface area contributed by atoms with Gasteiger partial charge in [-0.2, -0.15) is 0 Å². The van der Waals surface area contributed by atoms with Gasteiger partial charge in [0.05, 0.1) is 20.2 Å². The first kappa shape index (κ1) is 25.8. The van der Waals surface area contributed by atoms with Crippen molar-refractivity contribution in [1.29, 1.82) is 0 Å². The Balaban J connectivity index is 2.00. The molecule has 0 bridgehead atoms. The molecule has 10 heteroatoms. The van der Waals surface area contributed by atoms with E-state index in [-0.39, 0.29) is 24.7 Å². The first-order valence-corrected chi connectivity index (χ1v) is 11.5. The average molecular weight is 482 g/mol. The van der Waals surface area contributed by atoms with Crippen molar-refractivity contribution in [2.24, 2.45) is 5.73 Å². The smallest absolute Gasteiger partial charge is 0.333 e. The Labute approximate surface area is 203 Å². The standard InChI is InChI=1S/C25H31N5O5/c1-4-5-13-29-21(28-12-8-10-19(26)16-28)14-22(31)30(25(29)34)15-18-9-6-7-11-20(18)23(32)27-17(2)24(33)35-3/h6-7,9,11,14,17,19H,8,10,12-13,15-16,26H2,1-3H3,(H,27,32)/t17-,19+/m0/s1. The topological polar surface area (TPSA) is 129 Å². The summed E-state index contributed by atoms with van der Waals surface area (Å²) < 4.78 is 7.21. The van der Waals surface area contributed by atoms with Crippen LogP contribution in [0.1, 0.15) is 42.6 Å². The number of carbonyl (C=O) groups excluding carboxylic acids is 2. The van der Waals surface area contributed by atoms with Crippen LogP contribution in [-0.2, 0) is 22.6 Å². The highest BCUT2D eigenvalue weighted by Crippen LogP contribution is 2.17. The van der Waals surface area contributed by atoms with Crippen molar-refractivity contribution in [1.82, 2.24) is 14.5 Å². The van der Waals surface area contributed by atoms with Gasteiger partial charge >= 0.3 is 11.7 Å². The third-order valence-corrected chi connectivity index (χ3v) is 5.95. The lowest BCUT2D eigenvalue weighted by atomic mass is 10.1. The van der Waals surface area contributed by atoms with Gasteiger partial charge in [-0.15, -0.1) is 5.92 Å². The summed E-state index contributed by atoms with van der Waals surface area (Å²) in [5.74, 6) is 5.09. The quantitative estimate of drug-likeness (QED) is 0.430. The number of esters is 1. The number of carbonyl (C=O) groups is 2. The van der Waals surface area contributed by atoms with Crippen LogP contribution in [-0.4, -0.2) is 53.3 Å². The van der Waals surface area contributed by atoms with Gasteiger partial charge in [0.15, 0.2) is 0 Å². The molecule has 1 amide bonds. The number of piperidine rings is 1. The minimum atomic E-state index is -0.858. The van der Waals surface area contributed by atoms with Gasteiger partial charge in [0.25, 0.3) is 11.5 Å². The Kier molecular flexibility index (Phi) is 8.49. The number of methoxy groups -OCH3 is 1.